The third-order valence-corrected chi connectivity index (χ3v) is 10.4. The maximum Gasteiger partial charge on any atom is 0.418 e. The number of hydrogen-bond donors (Lipinski definition) is 2. The van der Waals surface area contributed by atoms with Gasteiger partial charge in [0.15, 0.2) is 0 Å². The number of rotatable bonds is 9. The maximum absolute atomic E-state index is 14.0. The Morgan fingerprint density at radius 1 is 1.02 bits per heavy atom. The van der Waals surface area contributed by atoms with E-state index < -0.39 is 23.3 Å². The number of fused-ring (bicyclic) bond motifs is 1. The molecule has 3 aliphatic heterocycles. The number of para-hydroxylation sites is 1. The van der Waals surface area contributed by atoms with Gasteiger partial charge in [-0.05, 0) is 101 Å². The fourth-order valence-corrected chi connectivity index (χ4v) is 7.45. The largest absolute Gasteiger partial charge is 0.418 e. The molecule has 1 atom stereocenters. The molecule has 48 heavy (non-hydrogen) atoms. The number of carbonyl (C=O) groups is 3. The normalized spacial score (nSPS) is 18.8. The zero-order valence-corrected chi connectivity index (χ0v) is 28.5. The highest BCUT2D eigenvalue weighted by Crippen LogP contribution is 2.38. The summed E-state index contributed by atoms with van der Waals surface area (Å²) in [5, 5.41) is 2.77. The van der Waals surface area contributed by atoms with E-state index in [2.05, 4.69) is 10.2 Å². The Hall–Kier alpha value is -3.51. The van der Waals surface area contributed by atoms with Gasteiger partial charge in [-0.15, -0.1) is 0 Å². The fraction of sp³-hybridized carbons (Fsp3) is 0.571. The molecular formula is C35H46ClF3N6O3. The SMILES string of the molecule is CN(C)CCC1CCN(C(=O)C(CC(=O)N2CCC(N3CCc4ccccc4NC3=O)CC2)Cc2cc(Cl)c(N)c(C(F)(F)F)c2)CC1. The molecule has 13 heteroatoms. The van der Waals surface area contributed by atoms with Crippen molar-refractivity contribution in [1.82, 2.24) is 19.6 Å². The number of carbonyl (C=O) groups excluding carboxylic acids is 3. The lowest BCUT2D eigenvalue weighted by molar-refractivity contribution is -0.143. The van der Waals surface area contributed by atoms with E-state index in [9.17, 15) is 27.6 Å². The number of amides is 4. The average molecular weight is 691 g/mol. The number of alkyl halides is 3. The Kier molecular flexibility index (Phi) is 11.5. The van der Waals surface area contributed by atoms with E-state index in [0.29, 0.717) is 51.5 Å². The van der Waals surface area contributed by atoms with Crippen molar-refractivity contribution in [2.75, 3.05) is 64.4 Å². The molecule has 262 valence electrons. The molecule has 0 bridgehead atoms. The number of nitrogen functional groups attached to an aromatic ring is 1. The topological polar surface area (TPSA) is 102 Å². The van der Waals surface area contributed by atoms with Crippen molar-refractivity contribution in [3.8, 4) is 0 Å². The number of likely N-dealkylation sites (tertiary alicyclic amines) is 2. The predicted octanol–water partition coefficient (Wildman–Crippen LogP) is 5.76. The van der Waals surface area contributed by atoms with Crippen molar-refractivity contribution in [2.45, 2.75) is 63.6 Å². The zero-order chi connectivity index (χ0) is 34.6. The van der Waals surface area contributed by atoms with Gasteiger partial charge in [0.2, 0.25) is 11.8 Å². The van der Waals surface area contributed by atoms with Gasteiger partial charge >= 0.3 is 12.2 Å². The molecule has 1 unspecified atom stereocenters. The molecule has 3 aliphatic rings. The molecule has 0 aliphatic carbocycles. The van der Waals surface area contributed by atoms with Gasteiger partial charge in [0.05, 0.1) is 22.2 Å². The highest BCUT2D eigenvalue weighted by molar-refractivity contribution is 6.33. The zero-order valence-electron chi connectivity index (χ0n) is 27.7. The molecule has 0 aromatic heterocycles. The monoisotopic (exact) mass is 690 g/mol. The number of hydrogen-bond acceptors (Lipinski definition) is 5. The van der Waals surface area contributed by atoms with E-state index in [1.165, 1.54) is 6.07 Å². The van der Waals surface area contributed by atoms with Gasteiger partial charge in [-0.2, -0.15) is 13.2 Å². The van der Waals surface area contributed by atoms with Crippen molar-refractivity contribution in [3.63, 3.8) is 0 Å². The van der Waals surface area contributed by atoms with E-state index in [1.807, 2.05) is 43.3 Å². The highest BCUT2D eigenvalue weighted by Gasteiger charge is 2.37. The lowest BCUT2D eigenvalue weighted by atomic mass is 9.89. The van der Waals surface area contributed by atoms with Gasteiger partial charge < -0.3 is 30.7 Å². The van der Waals surface area contributed by atoms with E-state index in [4.69, 9.17) is 17.3 Å². The molecule has 2 saturated heterocycles. The van der Waals surface area contributed by atoms with Crippen LogP contribution in [0.3, 0.4) is 0 Å². The average Bonchev–Trinajstić information content (AvgIpc) is 3.22. The first-order chi connectivity index (χ1) is 22.8. The second-order valence-electron chi connectivity index (χ2n) is 13.6. The van der Waals surface area contributed by atoms with Crippen LogP contribution in [0, 0.1) is 11.8 Å². The highest BCUT2D eigenvalue weighted by atomic mass is 35.5. The van der Waals surface area contributed by atoms with E-state index >= 15 is 0 Å². The first kappa shape index (κ1) is 35.8. The van der Waals surface area contributed by atoms with E-state index in [1.54, 1.807) is 9.80 Å². The minimum atomic E-state index is -4.72. The number of anilines is 2. The first-order valence-electron chi connectivity index (χ1n) is 16.8. The summed E-state index contributed by atoms with van der Waals surface area (Å²) in [6.07, 6.45) is -0.284. The molecule has 4 amide bonds. The summed E-state index contributed by atoms with van der Waals surface area (Å²) < 4.78 is 41.3. The van der Waals surface area contributed by atoms with Crippen LogP contribution in [0.25, 0.3) is 0 Å². The van der Waals surface area contributed by atoms with Crippen LogP contribution in [0.2, 0.25) is 5.02 Å². The first-order valence-corrected chi connectivity index (χ1v) is 17.2. The molecule has 3 heterocycles. The lowest BCUT2D eigenvalue weighted by Gasteiger charge is -2.39. The van der Waals surface area contributed by atoms with Crippen molar-refractivity contribution in [3.05, 3.63) is 58.1 Å². The van der Waals surface area contributed by atoms with Crippen LogP contribution in [0.4, 0.5) is 29.3 Å². The fourth-order valence-electron chi connectivity index (χ4n) is 7.20. The number of urea groups is 1. The summed E-state index contributed by atoms with van der Waals surface area (Å²) in [7, 11) is 4.06. The molecule has 3 N–H and O–H groups in total. The number of nitrogens with one attached hydrogen (secondary N) is 1. The van der Waals surface area contributed by atoms with Gasteiger partial charge in [0.1, 0.15) is 0 Å². The summed E-state index contributed by atoms with van der Waals surface area (Å²) in [5.74, 6) is -0.822. The van der Waals surface area contributed by atoms with Crippen molar-refractivity contribution in [2.24, 2.45) is 11.8 Å². The van der Waals surface area contributed by atoms with E-state index in [0.717, 1.165) is 49.5 Å². The molecular weight excluding hydrogens is 645 g/mol. The van der Waals surface area contributed by atoms with Crippen LogP contribution in [-0.4, -0.2) is 96.9 Å². The van der Waals surface area contributed by atoms with Crippen LogP contribution >= 0.6 is 11.6 Å². The molecule has 2 fully saturated rings. The Morgan fingerprint density at radius 2 is 1.69 bits per heavy atom. The van der Waals surface area contributed by atoms with Gasteiger partial charge in [-0.25, -0.2) is 4.79 Å². The van der Waals surface area contributed by atoms with Gasteiger partial charge in [-0.3, -0.25) is 9.59 Å². The smallest absolute Gasteiger partial charge is 0.397 e. The van der Waals surface area contributed by atoms with Crippen LogP contribution < -0.4 is 11.1 Å². The Bertz CT molecular complexity index is 1470. The molecule has 5 rings (SSSR count). The number of piperidine rings is 2. The summed E-state index contributed by atoms with van der Waals surface area (Å²) in [4.78, 5) is 48.2. The summed E-state index contributed by atoms with van der Waals surface area (Å²) >= 11 is 6.13. The maximum atomic E-state index is 14.0. The van der Waals surface area contributed by atoms with Gasteiger partial charge in [0, 0.05) is 50.9 Å². The number of nitrogens with zero attached hydrogens (tertiary/aromatic N) is 4. The molecule has 2 aromatic rings. The van der Waals surface area contributed by atoms with Crippen LogP contribution in [0.15, 0.2) is 36.4 Å². The molecule has 2 aromatic carbocycles. The second-order valence-corrected chi connectivity index (χ2v) is 14.1. The quantitative estimate of drug-likeness (QED) is 0.326. The standard InChI is InChI=1S/C35H46ClF3N6O3/c1-42(2)13-7-23-8-14-44(15-9-23)33(47)26(19-24-20-28(35(37,38)39)32(40)29(36)21-24)22-31(46)43-16-11-27(12-17-43)45-18-10-25-5-3-4-6-30(25)41-34(45)48/h3-6,20-21,23,26-27H,7-19,22,40H2,1-2H3,(H,41,48). The molecule has 0 saturated carbocycles. The summed E-state index contributed by atoms with van der Waals surface area (Å²) in [5.41, 5.74) is 6.16. The molecule has 0 spiro atoms. The third kappa shape index (κ3) is 8.74. The van der Waals surface area contributed by atoms with Crippen molar-refractivity contribution >= 4 is 40.8 Å². The van der Waals surface area contributed by atoms with Crippen LogP contribution in [0.5, 0.6) is 0 Å². The number of halogens is 4. The van der Waals surface area contributed by atoms with Gasteiger partial charge in [-0.1, -0.05) is 29.8 Å². The van der Waals surface area contributed by atoms with E-state index in [-0.39, 0.29) is 47.3 Å². The van der Waals surface area contributed by atoms with Crippen LogP contribution in [0.1, 0.15) is 55.2 Å². The minimum Gasteiger partial charge on any atom is -0.397 e. The Morgan fingerprint density at radius 3 is 2.35 bits per heavy atom. The lowest BCUT2D eigenvalue weighted by Crippen LogP contribution is -2.50. The van der Waals surface area contributed by atoms with Crippen molar-refractivity contribution < 1.29 is 27.6 Å². The minimum absolute atomic E-state index is 0.0349. The summed E-state index contributed by atoms with van der Waals surface area (Å²) in [6, 6.07) is 9.86. The van der Waals surface area contributed by atoms with Gasteiger partial charge in [0.25, 0.3) is 0 Å². The molecule has 9 nitrogen and oxygen atoms in total. The second kappa shape index (κ2) is 15.4. The number of nitrogens with two attached hydrogens (primary N) is 1. The van der Waals surface area contributed by atoms with Crippen LogP contribution in [-0.2, 0) is 28.6 Å². The van der Waals surface area contributed by atoms with Crippen molar-refractivity contribution in [1.29, 1.82) is 0 Å². The molecule has 0 radical (unpaired) electrons. The Labute approximate surface area is 285 Å². The number of benzene rings is 2. The third-order valence-electron chi connectivity index (χ3n) is 10.1. The predicted molar refractivity (Wildman–Crippen MR) is 181 cm³/mol. The summed E-state index contributed by atoms with van der Waals surface area (Å²) in [6.45, 7) is 3.47. The Balaban J connectivity index is 1.26.